The summed E-state index contributed by atoms with van der Waals surface area (Å²) in [6, 6.07) is 76.4. The van der Waals surface area contributed by atoms with E-state index in [2.05, 4.69) is 143 Å². The van der Waals surface area contributed by atoms with Crippen LogP contribution in [0.4, 0.5) is 5.69 Å². The van der Waals surface area contributed by atoms with E-state index in [1.54, 1.807) is 53.5 Å². The molecule has 18 rings (SSSR count). The van der Waals surface area contributed by atoms with Gasteiger partial charge in [-0.1, -0.05) is 91.0 Å². The number of anilines is 1. The molecule has 18 heteroatoms. The highest BCUT2D eigenvalue weighted by atomic mass is 16.3. The topological polar surface area (TPSA) is 202 Å². The van der Waals surface area contributed by atoms with Crippen molar-refractivity contribution in [2.75, 3.05) is 5.32 Å². The monoisotopic (exact) mass is 1220 g/mol. The predicted octanol–water partition coefficient (Wildman–Crippen LogP) is 16.7. The van der Waals surface area contributed by atoms with E-state index in [0.29, 0.717) is 40.0 Å². The van der Waals surface area contributed by atoms with Gasteiger partial charge in [0.15, 0.2) is 17.4 Å². The minimum atomic E-state index is 0.124. The maximum atomic E-state index is 9.19. The van der Waals surface area contributed by atoms with Crippen molar-refractivity contribution in [2.24, 2.45) is 4.99 Å². The van der Waals surface area contributed by atoms with Gasteiger partial charge in [0.1, 0.15) is 36.6 Å². The largest absolute Gasteiger partial charge is 0.460 e. The molecule has 0 bridgehead atoms. The van der Waals surface area contributed by atoms with Gasteiger partial charge in [-0.15, -0.1) is 10.2 Å². The molecule has 0 amide bonds. The second-order valence-electron chi connectivity index (χ2n) is 22.7. The molecule has 0 saturated heterocycles. The molecular weight excluding hydrogens is 1170 g/mol. The number of furan rings is 2. The van der Waals surface area contributed by atoms with E-state index >= 15 is 0 Å². The van der Waals surface area contributed by atoms with Crippen molar-refractivity contribution in [1.82, 2.24) is 63.2 Å². The fourth-order valence-corrected chi connectivity index (χ4v) is 12.9. The Kier molecular flexibility index (Phi) is 12.5. The van der Waals surface area contributed by atoms with Crippen LogP contribution in [0, 0.1) is 5.41 Å². The lowest BCUT2D eigenvalue weighted by molar-refractivity contribution is 0.577. The van der Waals surface area contributed by atoms with Crippen molar-refractivity contribution in [2.45, 2.75) is 0 Å². The first kappa shape index (κ1) is 53.5. The van der Waals surface area contributed by atoms with Crippen LogP contribution >= 0.6 is 0 Å². The van der Waals surface area contributed by atoms with Gasteiger partial charge >= 0.3 is 0 Å². The van der Waals surface area contributed by atoms with Gasteiger partial charge in [0.2, 0.25) is 11.6 Å². The zero-order chi connectivity index (χ0) is 62.2. The third-order valence-corrected chi connectivity index (χ3v) is 17.2. The number of benzene rings is 9. The van der Waals surface area contributed by atoms with Gasteiger partial charge < -0.3 is 23.3 Å². The molecule has 0 aliphatic carbocycles. The van der Waals surface area contributed by atoms with Gasteiger partial charge in [0.25, 0.3) is 0 Å². The van der Waals surface area contributed by atoms with Crippen LogP contribution in [-0.4, -0.2) is 75.3 Å². The van der Waals surface area contributed by atoms with Crippen LogP contribution in [0.1, 0.15) is 5.56 Å². The minimum Gasteiger partial charge on any atom is -0.460 e. The van der Waals surface area contributed by atoms with Gasteiger partial charge in [-0.05, 0) is 156 Å². The zero-order valence-electron chi connectivity index (χ0n) is 49.6. The summed E-state index contributed by atoms with van der Waals surface area (Å²) in [6.45, 7) is 0. The molecule has 18 aromatic rings. The first-order chi connectivity index (χ1) is 46.5. The maximum absolute atomic E-state index is 9.19. The fourth-order valence-electron chi connectivity index (χ4n) is 12.9. The van der Waals surface area contributed by atoms with Crippen molar-refractivity contribution >= 4 is 83.5 Å². The summed E-state index contributed by atoms with van der Waals surface area (Å²) in [6.07, 6.45) is 15.1. The Labute approximate surface area is 533 Å². The van der Waals surface area contributed by atoms with E-state index in [1.807, 2.05) is 128 Å². The summed E-state index contributed by atoms with van der Waals surface area (Å²) < 4.78 is 22.7. The second kappa shape index (κ2) is 21.9. The molecule has 0 radical (unpaired) electrons. The number of hydrogen-bond acceptors (Lipinski definition) is 11. The Bertz CT molecular complexity index is 5770. The highest BCUT2D eigenvalue weighted by molar-refractivity contribution is 6.15. The lowest BCUT2D eigenvalue weighted by atomic mass is 10.0. The minimum absolute atomic E-state index is 0.124. The summed E-state index contributed by atoms with van der Waals surface area (Å²) in [5.41, 5.74) is 16.6. The number of rotatable bonds is 13. The van der Waals surface area contributed by atoms with Crippen molar-refractivity contribution in [1.29, 1.82) is 5.41 Å². The van der Waals surface area contributed by atoms with Crippen LogP contribution in [0.5, 0.6) is 0 Å². The summed E-state index contributed by atoms with van der Waals surface area (Å²) in [7, 11) is 0. The number of fused-ring (bicyclic) bond motifs is 9. The SMILES string of the molecule is N=C(N=CNc1ccccc1)c1ccc2c(c1)c1cc(-c3cc(-n4c5ccc(-c6ccoc6-c6ncn(-c7ccccc7)n6)cc5c5cc(-c6ccoc6-c6ncn(-c7ccccc7)n6)ccc54)cc(-n4c5ncncc5c5cncnc54)c3)ccc1n2-c1ccccc1. The first-order valence-electron chi connectivity index (χ1n) is 30.3. The van der Waals surface area contributed by atoms with E-state index in [-0.39, 0.29) is 5.84 Å². The van der Waals surface area contributed by atoms with E-state index in [4.69, 9.17) is 39.0 Å². The molecule has 9 aromatic heterocycles. The molecule has 9 aromatic carbocycles. The third-order valence-electron chi connectivity index (χ3n) is 17.2. The van der Waals surface area contributed by atoms with E-state index in [1.165, 1.54) is 0 Å². The molecule has 0 unspecified atom stereocenters. The van der Waals surface area contributed by atoms with Gasteiger partial charge in [-0.3, -0.25) is 9.98 Å². The molecule has 0 saturated carbocycles. The summed E-state index contributed by atoms with van der Waals surface area (Å²) in [5, 5.41) is 27.7. The number of nitrogens with one attached hydrogen (secondary N) is 2. The summed E-state index contributed by atoms with van der Waals surface area (Å²) in [5.74, 6) is 2.13. The average Bonchev–Trinajstić information content (AvgIpc) is 1.56. The highest BCUT2D eigenvalue weighted by Crippen LogP contribution is 2.44. The summed E-state index contributed by atoms with van der Waals surface area (Å²) in [4.78, 5) is 32.8. The fraction of sp³-hybridized carbons (Fsp3) is 0. The van der Waals surface area contributed by atoms with Gasteiger partial charge in [-0.2, -0.15) is 0 Å². The number of para-hydroxylation sites is 4. The molecule has 2 N–H and O–H groups in total. The molecule has 0 spiro atoms. The lowest BCUT2D eigenvalue weighted by Gasteiger charge is -2.16. The highest BCUT2D eigenvalue weighted by Gasteiger charge is 2.25. The second-order valence-corrected chi connectivity index (χ2v) is 22.7. The van der Waals surface area contributed by atoms with Crippen molar-refractivity contribution in [3.05, 3.63) is 280 Å². The van der Waals surface area contributed by atoms with Crippen LogP contribution in [0.2, 0.25) is 0 Å². The van der Waals surface area contributed by atoms with E-state index < -0.39 is 0 Å². The van der Waals surface area contributed by atoms with Crippen molar-refractivity contribution < 1.29 is 8.83 Å². The number of amidine groups is 1. The Morgan fingerprint density at radius 3 is 1.40 bits per heavy atom. The molecular formula is C76H48N16O2. The Hall–Kier alpha value is -13.5. The van der Waals surface area contributed by atoms with E-state index in [9.17, 15) is 5.41 Å². The third kappa shape index (κ3) is 9.04. The van der Waals surface area contributed by atoms with Crippen LogP contribution in [0.3, 0.4) is 0 Å². The lowest BCUT2D eigenvalue weighted by Crippen LogP contribution is -2.01. The van der Waals surface area contributed by atoms with Crippen molar-refractivity contribution in [3.8, 4) is 85.0 Å². The molecule has 94 heavy (non-hydrogen) atoms. The zero-order valence-corrected chi connectivity index (χ0v) is 49.6. The molecule has 444 valence electrons. The molecule has 9 heterocycles. The standard InChI is InChI=1S/C76H48N16O2/c77-72(81-44-80-52-13-5-1-6-14-52)50-24-28-67-63(38-50)60-35-47(21-25-66(60)90(67)55-19-11-4-12-20-55)51-33-56(39-57(34-51)92-75-64(40-78-42-82-75)65-41-79-43-83-76(65)92)91-68-26-22-48(58-29-31-93-70(58)73-84-45-88(86-73)53-15-7-2-8-16-53)36-61(68)62-37-49(23-27-69(62)91)59-30-32-94-71(59)74-85-46-89(87-74)54-17-9-3-10-18-54/h1-46H,(H2,77,80,81). The quantitative estimate of drug-likeness (QED) is 0.0821. The Morgan fingerprint density at radius 1 is 0.404 bits per heavy atom. The van der Waals surface area contributed by atoms with Crippen molar-refractivity contribution in [3.63, 3.8) is 0 Å². The number of aliphatic imine (C=N–C) groups is 1. The van der Waals surface area contributed by atoms with Crippen LogP contribution in [-0.2, 0) is 0 Å². The molecule has 0 aliphatic rings. The normalized spacial score (nSPS) is 11.8. The average molecular weight is 1220 g/mol. The number of nitrogens with zero attached hydrogens (tertiary/aromatic N) is 14. The van der Waals surface area contributed by atoms with E-state index in [0.717, 1.165) is 122 Å². The van der Waals surface area contributed by atoms with Crippen LogP contribution in [0.25, 0.3) is 151 Å². The predicted molar refractivity (Wildman–Crippen MR) is 368 cm³/mol. The van der Waals surface area contributed by atoms with Gasteiger partial charge in [0.05, 0.1) is 58.0 Å². The Morgan fingerprint density at radius 2 is 0.862 bits per heavy atom. The molecule has 0 atom stereocenters. The maximum Gasteiger partial charge on any atom is 0.217 e. The Balaban J connectivity index is 0.847. The molecule has 0 fully saturated rings. The molecule has 0 aliphatic heterocycles. The molecule has 18 nitrogen and oxygen atoms in total. The smallest absolute Gasteiger partial charge is 0.217 e. The number of hydrogen-bond donors (Lipinski definition) is 2. The van der Waals surface area contributed by atoms with Gasteiger partial charge in [0, 0.05) is 78.5 Å². The van der Waals surface area contributed by atoms with Crippen LogP contribution < -0.4 is 5.32 Å². The summed E-state index contributed by atoms with van der Waals surface area (Å²) >= 11 is 0. The number of aromatic nitrogens is 13. The van der Waals surface area contributed by atoms with Crippen LogP contribution in [0.15, 0.2) is 289 Å². The van der Waals surface area contributed by atoms with Gasteiger partial charge in [-0.25, -0.2) is 44.3 Å². The first-order valence-corrected chi connectivity index (χ1v) is 30.3.